The largest absolute Gasteiger partial charge is 0.254 e. The molecule has 0 N–H and O–H groups in total. The zero-order valence-corrected chi connectivity index (χ0v) is 11.4. The van der Waals surface area contributed by atoms with Crippen LogP contribution in [0.2, 0.25) is 0 Å². The molecule has 1 nitrogen and oxygen atoms in total. The van der Waals surface area contributed by atoms with Gasteiger partial charge in [0.25, 0.3) is 0 Å². The molecule has 0 atom stereocenters. The third-order valence-electron chi connectivity index (χ3n) is 3.28. The number of benzene rings is 2. The van der Waals surface area contributed by atoms with Crippen LogP contribution < -0.4 is 0 Å². The van der Waals surface area contributed by atoms with Gasteiger partial charge in [-0.1, -0.05) is 42.3 Å². The van der Waals surface area contributed by atoms with E-state index in [0.29, 0.717) is 0 Å². The third-order valence-corrected chi connectivity index (χ3v) is 3.28. The average molecular weight is 256 g/mol. The Balaban J connectivity index is 2.05. The van der Waals surface area contributed by atoms with Crippen LogP contribution in [0.4, 0.5) is 0 Å². The molecule has 0 aliphatic rings. The van der Waals surface area contributed by atoms with Gasteiger partial charge >= 0.3 is 0 Å². The van der Waals surface area contributed by atoms with Crippen LogP contribution in [-0.2, 0) is 6.42 Å². The van der Waals surface area contributed by atoms with Crippen molar-refractivity contribution in [2.24, 2.45) is 0 Å². The van der Waals surface area contributed by atoms with E-state index in [1.807, 2.05) is 25.3 Å². The summed E-state index contributed by atoms with van der Waals surface area (Å²) in [5, 5.41) is 2.23. The highest BCUT2D eigenvalue weighted by Crippen LogP contribution is 2.21. The van der Waals surface area contributed by atoms with Crippen LogP contribution in [0.15, 0.2) is 54.7 Å². The van der Waals surface area contributed by atoms with Gasteiger partial charge in [0.05, 0.1) is 6.20 Å². The highest BCUT2D eigenvalue weighted by molar-refractivity contribution is 5.85. The first-order valence-electron chi connectivity index (χ1n) is 6.63. The molecule has 1 radical (unpaired) electrons. The second-order valence-corrected chi connectivity index (χ2v) is 4.69. The summed E-state index contributed by atoms with van der Waals surface area (Å²) < 4.78 is 0. The van der Waals surface area contributed by atoms with E-state index in [1.165, 1.54) is 16.5 Å². The van der Waals surface area contributed by atoms with Crippen molar-refractivity contribution in [1.29, 1.82) is 0 Å². The minimum Gasteiger partial charge on any atom is -0.254 e. The summed E-state index contributed by atoms with van der Waals surface area (Å²) in [7, 11) is 0. The normalized spacial score (nSPS) is 10.1. The van der Waals surface area contributed by atoms with Crippen LogP contribution in [0, 0.1) is 18.0 Å². The number of pyridine rings is 1. The number of hydrogen-bond donors (Lipinski definition) is 0. The Hall–Kier alpha value is -2.59. The highest BCUT2D eigenvalue weighted by atomic mass is 14.6. The minimum atomic E-state index is 0.887. The number of aromatic nitrogens is 1. The quantitative estimate of drug-likeness (QED) is 0.632. The second-order valence-electron chi connectivity index (χ2n) is 4.69. The van der Waals surface area contributed by atoms with Crippen molar-refractivity contribution in [3.8, 4) is 11.8 Å². The molecule has 0 aliphatic carbocycles. The number of nitrogens with zero attached hydrogens (tertiary/aromatic N) is 1. The fourth-order valence-electron chi connectivity index (χ4n) is 2.34. The van der Waals surface area contributed by atoms with Crippen LogP contribution >= 0.6 is 0 Å². The molecule has 20 heavy (non-hydrogen) atoms. The Kier molecular flexibility index (Phi) is 3.48. The summed E-state index contributed by atoms with van der Waals surface area (Å²) in [6, 6.07) is 16.7. The standard InChI is InChI=1S/C19H14N/c1-2-6-15-9-10-19-17(11-15)13-20-14-18(19)12-16-7-4-3-5-8-16/h3-5,7-11,14H,12H2,1H3. The van der Waals surface area contributed by atoms with E-state index in [4.69, 9.17) is 0 Å². The SMILES string of the molecule is CC#Cc1ccc2c(Cc3ccccc3)cn[c]c2c1. The molecule has 2 aromatic carbocycles. The summed E-state index contributed by atoms with van der Waals surface area (Å²) in [5.41, 5.74) is 3.52. The Bertz CT molecular complexity index is 792. The van der Waals surface area contributed by atoms with E-state index in [-0.39, 0.29) is 0 Å². The Labute approximate surface area is 119 Å². The Morgan fingerprint density at radius 1 is 1.10 bits per heavy atom. The van der Waals surface area contributed by atoms with Crippen LogP contribution in [0.3, 0.4) is 0 Å². The van der Waals surface area contributed by atoms with Gasteiger partial charge in [-0.25, -0.2) is 0 Å². The molecule has 1 heteroatoms. The van der Waals surface area contributed by atoms with Gasteiger partial charge in [-0.3, -0.25) is 4.98 Å². The lowest BCUT2D eigenvalue weighted by atomic mass is 10.00. The van der Waals surface area contributed by atoms with E-state index in [2.05, 4.69) is 59.4 Å². The molecule has 0 saturated heterocycles. The molecule has 1 aromatic heterocycles. The number of fused-ring (bicyclic) bond motifs is 1. The lowest BCUT2D eigenvalue weighted by Crippen LogP contribution is -1.92. The zero-order chi connectivity index (χ0) is 13.8. The molecule has 0 spiro atoms. The maximum absolute atomic E-state index is 4.24. The summed E-state index contributed by atoms with van der Waals surface area (Å²) in [5.74, 6) is 5.99. The Morgan fingerprint density at radius 3 is 2.75 bits per heavy atom. The van der Waals surface area contributed by atoms with Crippen LogP contribution in [0.1, 0.15) is 23.6 Å². The molecule has 95 valence electrons. The predicted octanol–water partition coefficient (Wildman–Crippen LogP) is 4.00. The maximum Gasteiger partial charge on any atom is 0.0971 e. The molecule has 0 bridgehead atoms. The van der Waals surface area contributed by atoms with E-state index in [9.17, 15) is 0 Å². The molecular formula is C19H14N. The van der Waals surface area contributed by atoms with Gasteiger partial charge in [0, 0.05) is 17.1 Å². The van der Waals surface area contributed by atoms with Crippen molar-refractivity contribution in [2.45, 2.75) is 13.3 Å². The monoisotopic (exact) mass is 256 g/mol. The van der Waals surface area contributed by atoms with E-state index in [1.54, 1.807) is 0 Å². The summed E-state index contributed by atoms with van der Waals surface area (Å²) >= 11 is 0. The second kappa shape index (κ2) is 5.59. The molecule has 0 unspecified atom stereocenters. The lowest BCUT2D eigenvalue weighted by Gasteiger charge is -2.06. The number of rotatable bonds is 2. The van der Waals surface area contributed by atoms with Gasteiger partial charge in [-0.15, -0.1) is 5.92 Å². The molecule has 3 rings (SSSR count). The first kappa shape index (κ1) is 12.4. The molecule has 1 heterocycles. The van der Waals surface area contributed by atoms with Crippen molar-refractivity contribution >= 4 is 10.8 Å². The van der Waals surface area contributed by atoms with Crippen molar-refractivity contribution in [1.82, 2.24) is 4.98 Å². The lowest BCUT2D eigenvalue weighted by molar-refractivity contribution is 1.17. The van der Waals surface area contributed by atoms with Crippen molar-refractivity contribution in [2.75, 3.05) is 0 Å². The molecule has 0 amide bonds. The highest BCUT2D eigenvalue weighted by Gasteiger charge is 2.04. The van der Waals surface area contributed by atoms with Gasteiger partial charge in [0.2, 0.25) is 0 Å². The van der Waals surface area contributed by atoms with Gasteiger partial charge in [0.15, 0.2) is 0 Å². The maximum atomic E-state index is 4.24. The van der Waals surface area contributed by atoms with Gasteiger partial charge < -0.3 is 0 Å². The fraction of sp³-hybridized carbons (Fsp3) is 0.105. The minimum absolute atomic E-state index is 0.887. The van der Waals surface area contributed by atoms with Crippen LogP contribution in [0.25, 0.3) is 10.8 Å². The first-order chi connectivity index (χ1) is 9.86. The first-order valence-corrected chi connectivity index (χ1v) is 6.63. The molecular weight excluding hydrogens is 242 g/mol. The average Bonchev–Trinajstić information content (AvgIpc) is 2.49. The Morgan fingerprint density at radius 2 is 1.95 bits per heavy atom. The molecule has 3 aromatic rings. The summed E-state index contributed by atoms with van der Waals surface area (Å²) in [4.78, 5) is 4.24. The topological polar surface area (TPSA) is 12.9 Å². The molecule has 0 saturated carbocycles. The van der Waals surface area contributed by atoms with Crippen LogP contribution in [-0.4, -0.2) is 4.98 Å². The van der Waals surface area contributed by atoms with E-state index >= 15 is 0 Å². The summed E-state index contributed by atoms with van der Waals surface area (Å²) in [6.07, 6.45) is 5.85. The number of hydrogen-bond acceptors (Lipinski definition) is 1. The molecule has 0 aliphatic heterocycles. The van der Waals surface area contributed by atoms with E-state index < -0.39 is 0 Å². The van der Waals surface area contributed by atoms with Crippen molar-refractivity contribution in [3.05, 3.63) is 77.6 Å². The third kappa shape index (κ3) is 2.55. The smallest absolute Gasteiger partial charge is 0.0971 e. The van der Waals surface area contributed by atoms with Crippen LogP contribution in [0.5, 0.6) is 0 Å². The van der Waals surface area contributed by atoms with Crippen molar-refractivity contribution in [3.63, 3.8) is 0 Å². The summed E-state index contributed by atoms with van der Waals surface area (Å²) in [6.45, 7) is 1.85. The predicted molar refractivity (Wildman–Crippen MR) is 82.4 cm³/mol. The van der Waals surface area contributed by atoms with Gasteiger partial charge in [0.1, 0.15) is 0 Å². The fourth-order valence-corrected chi connectivity index (χ4v) is 2.34. The van der Waals surface area contributed by atoms with Gasteiger partial charge in [-0.2, -0.15) is 0 Å². The zero-order valence-electron chi connectivity index (χ0n) is 11.4. The molecule has 0 fully saturated rings. The van der Waals surface area contributed by atoms with Gasteiger partial charge in [-0.05, 0) is 42.0 Å². The van der Waals surface area contributed by atoms with Crippen molar-refractivity contribution < 1.29 is 0 Å². The van der Waals surface area contributed by atoms with E-state index in [0.717, 1.165) is 17.4 Å².